The van der Waals surface area contributed by atoms with E-state index < -0.39 is 0 Å². The fourth-order valence-electron chi connectivity index (χ4n) is 0.0962. The van der Waals surface area contributed by atoms with Crippen LogP contribution in [0.5, 0.6) is 0 Å². The summed E-state index contributed by atoms with van der Waals surface area (Å²) in [4.78, 5) is 0. The van der Waals surface area contributed by atoms with Gasteiger partial charge in [-0.3, -0.25) is 0 Å². The molecule has 1 aliphatic rings. The molecule has 0 unspecified atom stereocenters. The van der Waals surface area contributed by atoms with Gasteiger partial charge in [0, 0.05) is 6.04 Å². The van der Waals surface area contributed by atoms with Crippen LogP contribution in [0.2, 0.25) is 0 Å². The van der Waals surface area contributed by atoms with Crippen LogP contribution in [-0.4, -0.2) is 27.2 Å². The van der Waals surface area contributed by atoms with Crippen LogP contribution >= 0.6 is 0 Å². The van der Waals surface area contributed by atoms with Crippen LogP contribution in [0.1, 0.15) is 12.8 Å². The van der Waals surface area contributed by atoms with Crippen LogP contribution in [0.15, 0.2) is 0 Å². The van der Waals surface area contributed by atoms with Crippen molar-refractivity contribution in [2.75, 3.05) is 21.1 Å². The van der Waals surface area contributed by atoms with Gasteiger partial charge in [-0.2, -0.15) is 0 Å². The van der Waals surface area contributed by atoms with Crippen LogP contribution in [0.3, 0.4) is 0 Å². The van der Waals surface area contributed by atoms with Crippen LogP contribution in [-0.2, 0) is 0 Å². The maximum atomic E-state index is 5.22. The van der Waals surface area contributed by atoms with Gasteiger partial charge in [-0.1, -0.05) is 0 Å². The van der Waals surface area contributed by atoms with E-state index in [9.17, 15) is 0 Å². The molecule has 0 heterocycles. The van der Waals surface area contributed by atoms with Crippen LogP contribution in [0, 0.1) is 0 Å². The molecule has 4 heteroatoms. The van der Waals surface area contributed by atoms with Crippen molar-refractivity contribution in [3.05, 3.63) is 0 Å². The highest BCUT2D eigenvalue weighted by Crippen LogP contribution is 2.13. The molecule has 66 valence electrons. The first-order chi connectivity index (χ1) is 4.89. The average molecular weight is 150 g/mol. The van der Waals surface area contributed by atoms with Gasteiger partial charge < -0.3 is 22.9 Å². The van der Waals surface area contributed by atoms with Crippen molar-refractivity contribution in [3.8, 4) is 0 Å². The van der Waals surface area contributed by atoms with Crippen molar-refractivity contribution < 1.29 is 0 Å². The van der Waals surface area contributed by atoms with Gasteiger partial charge in [0.25, 0.3) is 0 Å². The highest BCUT2D eigenvalue weighted by molar-refractivity contribution is 4.75. The molecule has 0 aliphatic heterocycles. The lowest BCUT2D eigenvalue weighted by atomic mass is 10.8. The summed E-state index contributed by atoms with van der Waals surface area (Å²) in [7, 11) is 4.50. The third-order valence-electron chi connectivity index (χ3n) is 0.622. The Kier molecular flexibility index (Phi) is 38.1. The maximum Gasteiger partial charge on any atom is 0.00399 e. The molecule has 10 heavy (non-hydrogen) atoms. The summed E-state index contributed by atoms with van der Waals surface area (Å²) in [5, 5.41) is 0. The van der Waals surface area contributed by atoms with E-state index in [1.165, 1.54) is 34.0 Å². The van der Waals surface area contributed by atoms with Crippen molar-refractivity contribution in [2.24, 2.45) is 22.9 Å². The predicted octanol–water partition coefficient (Wildman–Crippen LogP) is -1.17. The van der Waals surface area contributed by atoms with Gasteiger partial charge in [-0.05, 0) is 34.0 Å². The lowest BCUT2D eigenvalue weighted by molar-refractivity contribution is 1.07. The first kappa shape index (κ1) is 16.4. The van der Waals surface area contributed by atoms with Crippen molar-refractivity contribution in [3.63, 3.8) is 0 Å². The standard InChI is InChI=1S/C3H7N.3CH5N/c4-3-1-2-3;3*1-2/h3H,1-2,4H2;3*2H2,1H3. The van der Waals surface area contributed by atoms with Gasteiger partial charge in [0.05, 0.1) is 0 Å². The van der Waals surface area contributed by atoms with Crippen molar-refractivity contribution in [2.45, 2.75) is 18.9 Å². The number of hydrogen-bond acceptors (Lipinski definition) is 4. The smallest absolute Gasteiger partial charge is 0.00399 e. The second-order valence-electron chi connectivity index (χ2n) is 1.34. The van der Waals surface area contributed by atoms with Gasteiger partial charge in [0.15, 0.2) is 0 Å². The summed E-state index contributed by atoms with van der Waals surface area (Å²) in [6, 6.07) is 0.583. The van der Waals surface area contributed by atoms with Gasteiger partial charge in [-0.15, -0.1) is 0 Å². The highest BCUT2D eigenvalue weighted by atomic mass is 14.7. The molecule has 1 fully saturated rings. The van der Waals surface area contributed by atoms with Crippen LogP contribution in [0.4, 0.5) is 0 Å². The molecule has 0 radical (unpaired) electrons. The van der Waals surface area contributed by atoms with E-state index in [1.807, 2.05) is 0 Å². The Balaban J connectivity index is -0.0000000729. The molecular weight excluding hydrogens is 128 g/mol. The van der Waals surface area contributed by atoms with E-state index >= 15 is 0 Å². The summed E-state index contributed by atoms with van der Waals surface area (Å²) in [5.74, 6) is 0. The van der Waals surface area contributed by atoms with Gasteiger partial charge in [-0.25, -0.2) is 0 Å². The Hall–Kier alpha value is -0.160. The fourth-order valence-corrected chi connectivity index (χ4v) is 0.0962. The number of rotatable bonds is 0. The Bertz CT molecular complexity index is 28.9. The minimum atomic E-state index is 0.583. The third-order valence-corrected chi connectivity index (χ3v) is 0.622. The fraction of sp³-hybridized carbons (Fsp3) is 1.00. The second-order valence-corrected chi connectivity index (χ2v) is 1.34. The van der Waals surface area contributed by atoms with Crippen molar-refractivity contribution in [1.29, 1.82) is 0 Å². The lowest BCUT2D eigenvalue weighted by Crippen LogP contribution is -1.94. The zero-order chi connectivity index (χ0) is 8.99. The first-order valence-electron chi connectivity index (χ1n) is 3.38. The van der Waals surface area contributed by atoms with E-state index in [1.54, 1.807) is 0 Å². The monoisotopic (exact) mass is 150 g/mol. The summed E-state index contributed by atoms with van der Waals surface area (Å²) in [6.07, 6.45) is 2.53. The lowest BCUT2D eigenvalue weighted by Gasteiger charge is -1.58. The third kappa shape index (κ3) is 45.5. The van der Waals surface area contributed by atoms with E-state index in [-0.39, 0.29) is 0 Å². The molecule has 0 bridgehead atoms. The van der Waals surface area contributed by atoms with Gasteiger partial charge in [0.1, 0.15) is 0 Å². The van der Waals surface area contributed by atoms with Crippen LogP contribution in [0.25, 0.3) is 0 Å². The number of nitrogens with two attached hydrogens (primary N) is 4. The summed E-state index contributed by atoms with van der Waals surface area (Å²) >= 11 is 0. The Labute approximate surface area is 63.9 Å². The Morgan fingerprint density at radius 1 is 0.800 bits per heavy atom. The van der Waals surface area contributed by atoms with E-state index in [0.29, 0.717) is 6.04 Å². The normalized spacial score (nSPS) is 12.3. The Morgan fingerprint density at radius 2 is 0.900 bits per heavy atom. The molecule has 0 amide bonds. The first-order valence-corrected chi connectivity index (χ1v) is 3.38. The van der Waals surface area contributed by atoms with Crippen molar-refractivity contribution in [1.82, 2.24) is 0 Å². The molecule has 0 aromatic heterocycles. The average Bonchev–Trinajstić information content (AvgIpc) is 2.84. The maximum absolute atomic E-state index is 5.22. The van der Waals surface area contributed by atoms with E-state index in [4.69, 9.17) is 5.73 Å². The molecule has 0 aromatic carbocycles. The molecule has 4 nitrogen and oxygen atoms in total. The molecule has 1 aliphatic carbocycles. The quantitative estimate of drug-likeness (QED) is 0.349. The topological polar surface area (TPSA) is 104 Å². The zero-order valence-corrected chi connectivity index (χ0v) is 7.30. The molecule has 0 spiro atoms. The summed E-state index contributed by atoms with van der Waals surface area (Å²) in [5.41, 5.74) is 18.7. The van der Waals surface area contributed by atoms with Gasteiger partial charge in [0.2, 0.25) is 0 Å². The SMILES string of the molecule is CN.CN.CN.NC1CC1. The van der Waals surface area contributed by atoms with Gasteiger partial charge >= 0.3 is 0 Å². The molecule has 0 aromatic rings. The molecular formula is C6H22N4. The highest BCUT2D eigenvalue weighted by Gasteiger charge is 2.13. The minimum Gasteiger partial charge on any atom is -0.333 e. The predicted molar refractivity (Wildman–Crippen MR) is 47.5 cm³/mol. The van der Waals surface area contributed by atoms with E-state index in [0.717, 1.165) is 0 Å². The molecule has 1 rings (SSSR count). The second kappa shape index (κ2) is 23.2. The Morgan fingerprint density at radius 3 is 0.900 bits per heavy atom. The molecule has 8 N–H and O–H groups in total. The summed E-state index contributed by atoms with van der Waals surface area (Å²) in [6.45, 7) is 0. The molecule has 1 saturated carbocycles. The largest absolute Gasteiger partial charge is 0.333 e. The molecule has 0 atom stereocenters. The summed E-state index contributed by atoms with van der Waals surface area (Å²) < 4.78 is 0. The minimum absolute atomic E-state index is 0.583. The van der Waals surface area contributed by atoms with E-state index in [2.05, 4.69) is 17.2 Å². The number of hydrogen-bond donors (Lipinski definition) is 4. The zero-order valence-electron chi connectivity index (χ0n) is 7.30. The molecule has 0 saturated heterocycles. The van der Waals surface area contributed by atoms with Crippen LogP contribution < -0.4 is 22.9 Å². The van der Waals surface area contributed by atoms with Crippen molar-refractivity contribution >= 4 is 0 Å².